The highest BCUT2D eigenvalue weighted by atomic mass is 28.3. The molecule has 0 radical (unpaired) electrons. The van der Waals surface area contributed by atoms with E-state index >= 15 is 0 Å². The van der Waals surface area contributed by atoms with Gasteiger partial charge < -0.3 is 0 Å². The van der Waals surface area contributed by atoms with Crippen LogP contribution in [-0.4, -0.2) is 8.07 Å². The van der Waals surface area contributed by atoms with Crippen molar-refractivity contribution >= 4 is 13.3 Å². The second kappa shape index (κ2) is 1.96. The van der Waals surface area contributed by atoms with Crippen molar-refractivity contribution in [2.24, 2.45) is 0 Å². The molecule has 0 unspecified atom stereocenters. The third kappa shape index (κ3) is 0.906. The molecule has 1 aliphatic rings. The van der Waals surface area contributed by atoms with Gasteiger partial charge in [0.25, 0.3) is 0 Å². The van der Waals surface area contributed by atoms with Gasteiger partial charge in [-0.25, -0.2) is 0 Å². The first-order valence-corrected chi connectivity index (χ1v) is 6.78. The van der Waals surface area contributed by atoms with Gasteiger partial charge in [-0.2, -0.15) is 0 Å². The highest BCUT2D eigenvalue weighted by Crippen LogP contribution is 2.34. The molecule has 2 rings (SSSR count). The summed E-state index contributed by atoms with van der Waals surface area (Å²) in [6.07, 6.45) is 0. The molecule has 1 saturated heterocycles. The number of benzene rings is 1. The molecule has 0 aliphatic carbocycles. The van der Waals surface area contributed by atoms with E-state index in [2.05, 4.69) is 36.9 Å². The maximum Gasteiger partial charge on any atom is 0.0831 e. The number of hydrogen-bond acceptors (Lipinski definition) is 0. The molecule has 1 aromatic carbocycles. The minimum absolute atomic E-state index is 0.783. The molecule has 1 fully saturated rings. The van der Waals surface area contributed by atoms with Crippen LogP contribution in [0.4, 0.5) is 0 Å². The monoisotopic (exact) mass is 148 g/mol. The average Bonchev–Trinajstić information content (AvgIpc) is 2.72. The fraction of sp³-hybridized carbons (Fsp3) is 0.333. The van der Waals surface area contributed by atoms with Crippen molar-refractivity contribution in [1.82, 2.24) is 0 Å². The van der Waals surface area contributed by atoms with Crippen molar-refractivity contribution in [3.8, 4) is 0 Å². The van der Waals surface area contributed by atoms with Crippen molar-refractivity contribution in [1.29, 1.82) is 0 Å². The molecular weight excluding hydrogens is 136 g/mol. The van der Waals surface area contributed by atoms with E-state index in [1.165, 1.54) is 12.1 Å². The second-order valence-corrected chi connectivity index (χ2v) is 8.13. The summed E-state index contributed by atoms with van der Waals surface area (Å²) in [5.74, 6) is 0. The van der Waals surface area contributed by atoms with E-state index in [0.29, 0.717) is 0 Å². The summed E-state index contributed by atoms with van der Waals surface area (Å²) in [5.41, 5.74) is 0. The minimum atomic E-state index is -0.783. The van der Waals surface area contributed by atoms with Gasteiger partial charge in [0.05, 0.1) is 8.07 Å². The molecule has 0 nitrogen and oxygen atoms in total. The molecule has 1 heterocycles. The molecule has 0 bridgehead atoms. The maximum atomic E-state index is 2.47. The molecule has 0 N–H and O–H groups in total. The predicted molar refractivity (Wildman–Crippen MR) is 47.3 cm³/mol. The number of hydrogen-bond donors (Lipinski definition) is 0. The molecule has 10 heavy (non-hydrogen) atoms. The molecular formula is C9H12Si. The van der Waals surface area contributed by atoms with E-state index in [0.717, 1.165) is 0 Å². The lowest BCUT2D eigenvalue weighted by molar-refractivity contribution is 1.69. The van der Waals surface area contributed by atoms with Crippen molar-refractivity contribution < 1.29 is 0 Å². The highest BCUT2D eigenvalue weighted by Gasteiger charge is 2.41. The van der Waals surface area contributed by atoms with E-state index in [-0.39, 0.29) is 0 Å². The van der Waals surface area contributed by atoms with E-state index < -0.39 is 8.07 Å². The summed E-state index contributed by atoms with van der Waals surface area (Å²) >= 11 is 0. The first-order chi connectivity index (χ1) is 4.81. The van der Waals surface area contributed by atoms with Crippen LogP contribution in [0.2, 0.25) is 18.6 Å². The Morgan fingerprint density at radius 3 is 2.20 bits per heavy atom. The molecule has 0 aromatic heterocycles. The van der Waals surface area contributed by atoms with E-state index in [4.69, 9.17) is 0 Å². The molecule has 0 atom stereocenters. The standard InChI is InChI=1S/C9H12Si/c1-10(7-8-10)9-5-3-2-4-6-9/h2-6H,7-8H2,1H3. The Morgan fingerprint density at radius 2 is 1.70 bits per heavy atom. The third-order valence-electron chi connectivity index (χ3n) is 2.47. The van der Waals surface area contributed by atoms with Gasteiger partial charge in [-0.1, -0.05) is 54.2 Å². The SMILES string of the molecule is C[Si]1(c2ccccc2)CC1. The van der Waals surface area contributed by atoms with Crippen LogP contribution < -0.4 is 5.19 Å². The van der Waals surface area contributed by atoms with Crippen molar-refractivity contribution in [2.75, 3.05) is 0 Å². The molecule has 1 aromatic rings. The van der Waals surface area contributed by atoms with E-state index in [9.17, 15) is 0 Å². The normalized spacial score (nSPS) is 20.5. The van der Waals surface area contributed by atoms with Gasteiger partial charge in [-0.15, -0.1) is 0 Å². The van der Waals surface area contributed by atoms with Crippen molar-refractivity contribution in [3.63, 3.8) is 0 Å². The minimum Gasteiger partial charge on any atom is -0.0652 e. The topological polar surface area (TPSA) is 0 Å². The smallest absolute Gasteiger partial charge is 0.0652 e. The Morgan fingerprint density at radius 1 is 1.10 bits per heavy atom. The fourth-order valence-electron chi connectivity index (χ4n) is 1.32. The van der Waals surface area contributed by atoms with Crippen molar-refractivity contribution in [3.05, 3.63) is 30.3 Å². The molecule has 1 heteroatoms. The van der Waals surface area contributed by atoms with Gasteiger partial charge >= 0.3 is 0 Å². The van der Waals surface area contributed by atoms with Gasteiger partial charge in [-0.05, 0) is 0 Å². The van der Waals surface area contributed by atoms with Gasteiger partial charge in [0, 0.05) is 0 Å². The summed E-state index contributed by atoms with van der Waals surface area (Å²) in [5, 5.41) is 1.65. The van der Waals surface area contributed by atoms with Gasteiger partial charge in [0.2, 0.25) is 0 Å². The molecule has 0 amide bonds. The first kappa shape index (κ1) is 6.17. The summed E-state index contributed by atoms with van der Waals surface area (Å²) in [6, 6.07) is 14.0. The third-order valence-corrected chi connectivity index (χ3v) is 6.20. The Hall–Kier alpha value is -0.563. The lowest BCUT2D eigenvalue weighted by Crippen LogP contribution is -2.27. The highest BCUT2D eigenvalue weighted by molar-refractivity contribution is 6.99. The van der Waals surface area contributed by atoms with E-state index in [1.807, 2.05) is 0 Å². The fourth-order valence-corrected chi connectivity index (χ4v) is 4.39. The molecule has 52 valence electrons. The quantitative estimate of drug-likeness (QED) is 0.534. The zero-order chi connectivity index (χ0) is 7.03. The Kier molecular flexibility index (Phi) is 1.21. The van der Waals surface area contributed by atoms with Crippen LogP contribution in [0.15, 0.2) is 30.3 Å². The van der Waals surface area contributed by atoms with Crippen LogP contribution in [0.5, 0.6) is 0 Å². The summed E-state index contributed by atoms with van der Waals surface area (Å²) < 4.78 is 0. The van der Waals surface area contributed by atoms with Crippen LogP contribution >= 0.6 is 0 Å². The molecule has 0 saturated carbocycles. The van der Waals surface area contributed by atoms with E-state index in [1.54, 1.807) is 5.19 Å². The molecule has 1 aliphatic heterocycles. The first-order valence-electron chi connectivity index (χ1n) is 3.87. The van der Waals surface area contributed by atoms with Crippen LogP contribution in [0.25, 0.3) is 0 Å². The van der Waals surface area contributed by atoms with Crippen LogP contribution in [0, 0.1) is 0 Å². The largest absolute Gasteiger partial charge is 0.0831 e. The van der Waals surface area contributed by atoms with Gasteiger partial charge in [0.15, 0.2) is 0 Å². The second-order valence-electron chi connectivity index (χ2n) is 3.43. The Bertz CT molecular complexity index is 224. The van der Waals surface area contributed by atoms with Crippen LogP contribution in [0.1, 0.15) is 0 Å². The molecule has 0 spiro atoms. The van der Waals surface area contributed by atoms with Crippen LogP contribution in [-0.2, 0) is 0 Å². The number of rotatable bonds is 1. The summed E-state index contributed by atoms with van der Waals surface area (Å²) in [7, 11) is -0.783. The van der Waals surface area contributed by atoms with Gasteiger partial charge in [-0.3, -0.25) is 0 Å². The maximum absolute atomic E-state index is 2.47. The lowest BCUT2D eigenvalue weighted by Gasteiger charge is -2.03. The summed E-state index contributed by atoms with van der Waals surface area (Å²) in [4.78, 5) is 0. The Balaban J connectivity index is 2.35. The van der Waals surface area contributed by atoms with Crippen LogP contribution in [0.3, 0.4) is 0 Å². The van der Waals surface area contributed by atoms with Crippen molar-refractivity contribution in [2.45, 2.75) is 18.6 Å². The zero-order valence-corrected chi connectivity index (χ0v) is 7.30. The lowest BCUT2D eigenvalue weighted by atomic mass is 10.4. The zero-order valence-electron chi connectivity index (χ0n) is 6.30. The average molecular weight is 148 g/mol. The summed E-state index contributed by atoms with van der Waals surface area (Å²) in [6.45, 7) is 2.47. The van der Waals surface area contributed by atoms with Gasteiger partial charge in [0.1, 0.15) is 0 Å². The Labute approximate surface area is 62.9 Å². The predicted octanol–water partition coefficient (Wildman–Crippen LogP) is 1.99.